The van der Waals surface area contributed by atoms with Crippen LogP contribution >= 0.6 is 11.8 Å². The predicted octanol–water partition coefficient (Wildman–Crippen LogP) is 2.36. The van der Waals surface area contributed by atoms with Gasteiger partial charge in [0, 0.05) is 30.6 Å². The molecule has 0 bridgehead atoms. The highest BCUT2D eigenvalue weighted by atomic mass is 32.2. The second kappa shape index (κ2) is 5.55. The van der Waals surface area contributed by atoms with E-state index in [2.05, 4.69) is 11.6 Å². The molecule has 1 atom stereocenters. The normalized spacial score (nSPS) is 21.3. The highest BCUT2D eigenvalue weighted by molar-refractivity contribution is 8.03. The largest absolute Gasteiger partial charge is 0.508 e. The Morgan fingerprint density at radius 2 is 2.14 bits per heavy atom. The van der Waals surface area contributed by atoms with Crippen LogP contribution in [0.3, 0.4) is 0 Å². The number of phenolic OH excluding ortho intramolecular Hbond substituents is 2. The molecule has 6 heteroatoms. The van der Waals surface area contributed by atoms with E-state index in [1.807, 2.05) is 12.1 Å². The molecule has 0 amide bonds. The molecule has 1 aromatic heterocycles. The molecule has 1 aromatic carbocycles. The van der Waals surface area contributed by atoms with E-state index in [0.717, 1.165) is 10.6 Å². The van der Waals surface area contributed by atoms with Crippen LogP contribution in [0.25, 0.3) is 0 Å². The summed E-state index contributed by atoms with van der Waals surface area (Å²) in [5.74, 6) is 0.159. The first-order valence-corrected chi connectivity index (χ1v) is 7.72. The van der Waals surface area contributed by atoms with E-state index in [1.54, 1.807) is 17.3 Å². The maximum atomic E-state index is 11.1. The first-order chi connectivity index (χ1) is 10.5. The molecule has 2 aromatic rings. The molecule has 1 saturated heterocycles. The number of rotatable bonds is 3. The Morgan fingerprint density at radius 1 is 1.32 bits per heavy atom. The molecule has 5 nitrogen and oxygen atoms in total. The molecule has 3 N–H and O–H groups in total. The van der Waals surface area contributed by atoms with E-state index in [1.165, 1.54) is 30.0 Å². The summed E-state index contributed by atoms with van der Waals surface area (Å²) in [7, 11) is 0. The summed E-state index contributed by atoms with van der Waals surface area (Å²) in [5.41, 5.74) is -0.0989. The number of hydrogen-bond donors (Lipinski definition) is 3. The van der Waals surface area contributed by atoms with Crippen LogP contribution in [0.5, 0.6) is 11.5 Å². The smallest absolute Gasteiger partial charge is 0.178 e. The first kappa shape index (κ1) is 14.7. The van der Waals surface area contributed by atoms with E-state index in [9.17, 15) is 15.3 Å². The second-order valence-electron chi connectivity index (χ2n) is 5.15. The summed E-state index contributed by atoms with van der Waals surface area (Å²) in [6, 6.07) is 7.95. The van der Waals surface area contributed by atoms with Gasteiger partial charge in [0.1, 0.15) is 11.5 Å². The molecule has 1 unspecified atom stereocenters. The molecular formula is C16H16N2O3S. The fourth-order valence-corrected chi connectivity index (χ4v) is 3.57. The lowest BCUT2D eigenvalue weighted by molar-refractivity contribution is -0.0696. The molecule has 0 saturated carbocycles. The first-order valence-electron chi connectivity index (χ1n) is 6.74. The van der Waals surface area contributed by atoms with Crippen molar-refractivity contribution in [3.05, 3.63) is 65.5 Å². The second-order valence-corrected chi connectivity index (χ2v) is 6.20. The fraction of sp³-hybridized carbons (Fsp3) is 0.188. The number of thioether (sulfide) groups is 1. The third kappa shape index (κ3) is 2.51. The Labute approximate surface area is 132 Å². The van der Waals surface area contributed by atoms with E-state index < -0.39 is 5.72 Å². The highest BCUT2D eigenvalue weighted by Gasteiger charge is 2.44. The van der Waals surface area contributed by atoms with Crippen molar-refractivity contribution in [2.75, 3.05) is 5.75 Å². The molecule has 0 radical (unpaired) electrons. The van der Waals surface area contributed by atoms with Gasteiger partial charge in [-0.05, 0) is 23.8 Å². The minimum absolute atomic E-state index is 0.0480. The Balaban J connectivity index is 1.98. The third-order valence-electron chi connectivity index (χ3n) is 3.66. The molecule has 2 heterocycles. The van der Waals surface area contributed by atoms with Crippen LogP contribution in [-0.4, -0.2) is 31.0 Å². The molecule has 0 spiro atoms. The number of aliphatic hydroxyl groups is 1. The van der Waals surface area contributed by atoms with Crippen molar-refractivity contribution in [3.63, 3.8) is 0 Å². The molecule has 1 aliphatic heterocycles. The average molecular weight is 316 g/mol. The number of pyridine rings is 1. The molecule has 1 fully saturated rings. The van der Waals surface area contributed by atoms with Crippen molar-refractivity contribution in [3.8, 4) is 11.5 Å². The Kier molecular flexibility index (Phi) is 3.72. The minimum Gasteiger partial charge on any atom is -0.508 e. The summed E-state index contributed by atoms with van der Waals surface area (Å²) in [6.45, 7) is 4.40. The third-order valence-corrected chi connectivity index (χ3v) is 4.76. The van der Waals surface area contributed by atoms with Gasteiger partial charge in [-0.3, -0.25) is 4.98 Å². The minimum atomic E-state index is -1.38. The van der Waals surface area contributed by atoms with Gasteiger partial charge in [-0.1, -0.05) is 12.6 Å². The summed E-state index contributed by atoms with van der Waals surface area (Å²) >= 11 is 1.43. The Bertz CT molecular complexity index is 708. The summed E-state index contributed by atoms with van der Waals surface area (Å²) < 4.78 is 0. The van der Waals surface area contributed by atoms with Crippen molar-refractivity contribution in [1.82, 2.24) is 9.88 Å². The predicted molar refractivity (Wildman–Crippen MR) is 85.0 cm³/mol. The van der Waals surface area contributed by atoms with Crippen LogP contribution < -0.4 is 0 Å². The van der Waals surface area contributed by atoms with Gasteiger partial charge < -0.3 is 20.2 Å². The van der Waals surface area contributed by atoms with Crippen molar-refractivity contribution >= 4 is 11.8 Å². The lowest BCUT2D eigenvalue weighted by atomic mass is 10.0. The number of benzene rings is 1. The van der Waals surface area contributed by atoms with Gasteiger partial charge in [0.05, 0.1) is 10.8 Å². The number of nitrogens with zero attached hydrogens (tertiary/aromatic N) is 2. The zero-order chi connectivity index (χ0) is 15.7. The van der Waals surface area contributed by atoms with Crippen molar-refractivity contribution in [2.24, 2.45) is 0 Å². The number of aromatic nitrogens is 1. The summed E-state index contributed by atoms with van der Waals surface area (Å²) in [5, 5.41) is 31.3. The van der Waals surface area contributed by atoms with Gasteiger partial charge in [-0.2, -0.15) is 0 Å². The van der Waals surface area contributed by atoms with Crippen LogP contribution in [0.2, 0.25) is 0 Å². The standard InChI is InChI=1S/C16H16N2O3S/c1-11-18(9-12-3-2-6-17-8-12)16(21,10-22-11)14-5-4-13(19)7-15(14)20/h2-8,19-21H,1,9-10H2. The molecule has 22 heavy (non-hydrogen) atoms. The van der Waals surface area contributed by atoms with Gasteiger partial charge in [0.15, 0.2) is 5.72 Å². The van der Waals surface area contributed by atoms with Gasteiger partial charge in [-0.25, -0.2) is 0 Å². The Morgan fingerprint density at radius 3 is 2.82 bits per heavy atom. The molecular weight excluding hydrogens is 300 g/mol. The van der Waals surface area contributed by atoms with Gasteiger partial charge in [0.2, 0.25) is 0 Å². The maximum absolute atomic E-state index is 11.1. The number of aromatic hydroxyl groups is 2. The molecule has 114 valence electrons. The van der Waals surface area contributed by atoms with Crippen LogP contribution in [0.15, 0.2) is 54.3 Å². The van der Waals surface area contributed by atoms with Crippen LogP contribution in [0, 0.1) is 0 Å². The average Bonchev–Trinajstić information content (AvgIpc) is 2.77. The summed E-state index contributed by atoms with van der Waals surface area (Å²) in [4.78, 5) is 5.81. The van der Waals surface area contributed by atoms with Gasteiger partial charge in [-0.15, -0.1) is 11.8 Å². The highest BCUT2D eigenvalue weighted by Crippen LogP contribution is 2.47. The van der Waals surface area contributed by atoms with Gasteiger partial charge >= 0.3 is 0 Å². The van der Waals surface area contributed by atoms with Crippen LogP contribution in [0.1, 0.15) is 11.1 Å². The van der Waals surface area contributed by atoms with Crippen molar-refractivity contribution in [1.29, 1.82) is 0 Å². The molecule has 1 aliphatic rings. The monoisotopic (exact) mass is 316 g/mol. The zero-order valence-corrected chi connectivity index (χ0v) is 12.6. The SMILES string of the molecule is C=C1SCC(O)(c2ccc(O)cc2O)N1Cc1cccnc1. The van der Waals surface area contributed by atoms with Crippen LogP contribution in [0.4, 0.5) is 0 Å². The van der Waals surface area contributed by atoms with Crippen LogP contribution in [-0.2, 0) is 12.3 Å². The van der Waals surface area contributed by atoms with E-state index >= 15 is 0 Å². The van der Waals surface area contributed by atoms with E-state index in [0.29, 0.717) is 17.9 Å². The quantitative estimate of drug-likeness (QED) is 0.807. The zero-order valence-electron chi connectivity index (χ0n) is 11.8. The molecule has 0 aliphatic carbocycles. The molecule has 3 rings (SSSR count). The lowest BCUT2D eigenvalue weighted by Crippen LogP contribution is -2.41. The van der Waals surface area contributed by atoms with Crippen molar-refractivity contribution < 1.29 is 15.3 Å². The van der Waals surface area contributed by atoms with Gasteiger partial charge in [0.25, 0.3) is 0 Å². The topological polar surface area (TPSA) is 76.8 Å². The Hall–Kier alpha value is -2.18. The van der Waals surface area contributed by atoms with E-state index in [4.69, 9.17) is 0 Å². The lowest BCUT2D eigenvalue weighted by Gasteiger charge is -2.35. The maximum Gasteiger partial charge on any atom is 0.178 e. The van der Waals surface area contributed by atoms with Crippen molar-refractivity contribution in [2.45, 2.75) is 12.3 Å². The number of hydrogen-bond acceptors (Lipinski definition) is 6. The van der Waals surface area contributed by atoms with E-state index in [-0.39, 0.29) is 11.5 Å². The number of phenols is 2. The summed E-state index contributed by atoms with van der Waals surface area (Å²) in [6.07, 6.45) is 3.42. The fourth-order valence-electron chi connectivity index (χ4n) is 2.52.